The molecule has 0 aliphatic carbocycles. The second-order valence-corrected chi connectivity index (χ2v) is 7.63. The largest absolute Gasteiger partial charge is 0.507 e. The molecule has 30 heavy (non-hydrogen) atoms. The van der Waals surface area contributed by atoms with E-state index in [0.29, 0.717) is 23.7 Å². The Hall–Kier alpha value is -3.58. The van der Waals surface area contributed by atoms with Crippen LogP contribution < -0.4 is 4.74 Å². The summed E-state index contributed by atoms with van der Waals surface area (Å²) >= 11 is 1.42. The Morgan fingerprint density at radius 3 is 2.63 bits per heavy atom. The van der Waals surface area contributed by atoms with Gasteiger partial charge in [0.2, 0.25) is 0 Å². The minimum atomic E-state index is -0.718. The van der Waals surface area contributed by atoms with Gasteiger partial charge in [0, 0.05) is 10.4 Å². The molecular weight excluding hydrogens is 402 g/mol. The zero-order chi connectivity index (χ0) is 21.1. The topological polar surface area (TPSA) is 80.0 Å². The highest BCUT2D eigenvalue weighted by Gasteiger charge is 2.46. The number of aliphatic hydroxyl groups excluding tert-OH is 1. The van der Waals surface area contributed by atoms with Crippen LogP contribution in [-0.2, 0) is 16.1 Å². The average molecular weight is 421 g/mol. The van der Waals surface area contributed by atoms with Gasteiger partial charge in [0.1, 0.15) is 29.9 Å². The van der Waals surface area contributed by atoms with Gasteiger partial charge in [0.05, 0.1) is 18.4 Å². The molecule has 6 nitrogen and oxygen atoms in total. The van der Waals surface area contributed by atoms with E-state index >= 15 is 0 Å². The van der Waals surface area contributed by atoms with E-state index in [2.05, 4.69) is 6.58 Å². The lowest BCUT2D eigenvalue weighted by Gasteiger charge is -2.23. The van der Waals surface area contributed by atoms with E-state index in [9.17, 15) is 14.7 Å². The zero-order valence-corrected chi connectivity index (χ0v) is 16.8. The lowest BCUT2D eigenvalue weighted by Crippen LogP contribution is -2.28. The summed E-state index contributed by atoms with van der Waals surface area (Å²) in [5, 5.41) is 12.9. The molecule has 1 saturated heterocycles. The van der Waals surface area contributed by atoms with Crippen LogP contribution in [0, 0.1) is 0 Å². The first kappa shape index (κ1) is 19.7. The third-order valence-corrected chi connectivity index (χ3v) is 5.68. The minimum absolute atomic E-state index is 0.0637. The number of hydrogen-bond acceptors (Lipinski definition) is 6. The summed E-state index contributed by atoms with van der Waals surface area (Å²) in [6.07, 6.45) is 3.15. The summed E-state index contributed by atoms with van der Waals surface area (Å²) in [7, 11) is 0. The monoisotopic (exact) mass is 421 g/mol. The third kappa shape index (κ3) is 3.67. The molecule has 3 aromatic rings. The molecule has 152 valence electrons. The fourth-order valence-corrected chi connectivity index (χ4v) is 4.22. The maximum atomic E-state index is 12.9. The van der Waals surface area contributed by atoms with Crippen molar-refractivity contribution >= 4 is 28.8 Å². The lowest BCUT2D eigenvalue weighted by molar-refractivity contribution is -0.140. The number of amides is 1. The van der Waals surface area contributed by atoms with Gasteiger partial charge < -0.3 is 19.2 Å². The van der Waals surface area contributed by atoms with Crippen LogP contribution in [0.2, 0.25) is 0 Å². The number of benzene rings is 1. The number of likely N-dealkylation sites (tertiary alicyclic amines) is 1. The van der Waals surface area contributed by atoms with Crippen molar-refractivity contribution in [1.29, 1.82) is 0 Å². The molecule has 7 heteroatoms. The predicted molar refractivity (Wildman–Crippen MR) is 113 cm³/mol. The molecule has 0 saturated carbocycles. The van der Waals surface area contributed by atoms with Crippen LogP contribution in [0.4, 0.5) is 0 Å². The van der Waals surface area contributed by atoms with Gasteiger partial charge in [-0.25, -0.2) is 0 Å². The van der Waals surface area contributed by atoms with Gasteiger partial charge in [-0.15, -0.1) is 11.3 Å². The maximum absolute atomic E-state index is 12.9. The second kappa shape index (κ2) is 8.42. The highest BCUT2D eigenvalue weighted by atomic mass is 32.1. The van der Waals surface area contributed by atoms with Crippen LogP contribution in [0.3, 0.4) is 0 Å². The van der Waals surface area contributed by atoms with Gasteiger partial charge >= 0.3 is 0 Å². The SMILES string of the molecule is C=CCOc1ccc(/C(O)=C2/C(=O)C(=O)N(Cc3ccco3)C2c2cccs2)cc1. The lowest BCUT2D eigenvalue weighted by atomic mass is 10.00. The minimum Gasteiger partial charge on any atom is -0.507 e. The molecule has 3 heterocycles. The molecular formula is C23H19NO5S. The number of nitrogens with zero attached hydrogens (tertiary/aromatic N) is 1. The van der Waals surface area contributed by atoms with Crippen molar-refractivity contribution in [1.82, 2.24) is 4.90 Å². The quantitative estimate of drug-likeness (QED) is 0.262. The van der Waals surface area contributed by atoms with Crippen LogP contribution in [0.25, 0.3) is 5.76 Å². The number of furan rings is 1. The van der Waals surface area contributed by atoms with Crippen molar-refractivity contribution in [3.8, 4) is 5.75 Å². The molecule has 1 N–H and O–H groups in total. The molecule has 4 rings (SSSR count). The van der Waals surface area contributed by atoms with Crippen molar-refractivity contribution in [3.63, 3.8) is 0 Å². The molecule has 1 aliphatic heterocycles. The number of ether oxygens (including phenoxy) is 1. The Balaban J connectivity index is 1.75. The number of Topliss-reactive ketones (excluding diaryl/α,β-unsaturated/α-hetero) is 1. The molecule has 1 atom stereocenters. The predicted octanol–water partition coefficient (Wildman–Crippen LogP) is 4.53. The van der Waals surface area contributed by atoms with Crippen molar-refractivity contribution in [2.24, 2.45) is 0 Å². The first-order chi connectivity index (χ1) is 14.6. The van der Waals surface area contributed by atoms with E-state index in [1.807, 2.05) is 17.5 Å². The van der Waals surface area contributed by atoms with E-state index in [0.717, 1.165) is 4.88 Å². The Morgan fingerprint density at radius 2 is 2.00 bits per heavy atom. The number of ketones is 1. The summed E-state index contributed by atoms with van der Waals surface area (Å²) in [5.41, 5.74) is 0.493. The van der Waals surface area contributed by atoms with Crippen LogP contribution in [0.15, 0.2) is 82.8 Å². The number of hydrogen-bond donors (Lipinski definition) is 1. The first-order valence-electron chi connectivity index (χ1n) is 9.28. The van der Waals surface area contributed by atoms with Crippen LogP contribution in [-0.4, -0.2) is 28.3 Å². The molecule has 0 bridgehead atoms. The molecule has 1 unspecified atom stereocenters. The number of rotatable bonds is 7. The van der Waals surface area contributed by atoms with Crippen molar-refractivity contribution in [2.75, 3.05) is 6.61 Å². The van der Waals surface area contributed by atoms with Crippen LogP contribution in [0.5, 0.6) is 5.75 Å². The summed E-state index contributed by atoms with van der Waals surface area (Å²) < 4.78 is 10.8. The number of carbonyl (C=O) groups is 2. The Kier molecular flexibility index (Phi) is 5.54. The Labute approximate surface area is 177 Å². The summed E-state index contributed by atoms with van der Waals surface area (Å²) in [6, 6.07) is 13.2. The average Bonchev–Trinajstić information content (AvgIpc) is 3.51. The number of aliphatic hydroxyl groups is 1. The first-order valence-corrected chi connectivity index (χ1v) is 10.2. The van der Waals surface area contributed by atoms with Gasteiger partial charge in [0.25, 0.3) is 11.7 Å². The van der Waals surface area contributed by atoms with Gasteiger partial charge in [0.15, 0.2) is 0 Å². The highest BCUT2D eigenvalue weighted by molar-refractivity contribution is 7.10. The highest BCUT2D eigenvalue weighted by Crippen LogP contribution is 2.42. The Bertz CT molecular complexity index is 1080. The summed E-state index contributed by atoms with van der Waals surface area (Å²) in [4.78, 5) is 27.9. The van der Waals surface area contributed by atoms with Crippen LogP contribution in [0.1, 0.15) is 22.2 Å². The van der Waals surface area contributed by atoms with E-state index in [1.54, 1.807) is 42.5 Å². The molecule has 1 aliphatic rings. The molecule has 2 aromatic heterocycles. The molecule has 0 radical (unpaired) electrons. The van der Waals surface area contributed by atoms with E-state index in [4.69, 9.17) is 9.15 Å². The zero-order valence-electron chi connectivity index (χ0n) is 16.0. The van der Waals surface area contributed by atoms with Gasteiger partial charge in [-0.1, -0.05) is 18.7 Å². The van der Waals surface area contributed by atoms with Gasteiger partial charge in [-0.05, 0) is 47.8 Å². The smallest absolute Gasteiger partial charge is 0.296 e. The fourth-order valence-electron chi connectivity index (χ4n) is 3.38. The summed E-state index contributed by atoms with van der Waals surface area (Å²) in [6.45, 7) is 4.10. The van der Waals surface area contributed by atoms with Crippen molar-refractivity contribution < 1.29 is 23.8 Å². The Morgan fingerprint density at radius 1 is 1.20 bits per heavy atom. The molecule has 0 spiro atoms. The molecule has 1 aromatic carbocycles. The van der Waals surface area contributed by atoms with E-state index < -0.39 is 17.7 Å². The van der Waals surface area contributed by atoms with E-state index in [1.165, 1.54) is 22.5 Å². The molecule has 1 amide bonds. The van der Waals surface area contributed by atoms with Gasteiger partial charge in [-0.2, -0.15) is 0 Å². The van der Waals surface area contributed by atoms with Crippen LogP contribution >= 0.6 is 11.3 Å². The fraction of sp³-hybridized carbons (Fsp3) is 0.130. The standard InChI is InChI=1S/C23H19NO5S/c1-2-11-28-16-9-7-15(8-10-16)21(25)19-20(18-6-4-13-30-18)24(23(27)22(19)26)14-17-5-3-12-29-17/h2-10,12-13,20,25H,1,11,14H2/b21-19-. The normalized spacial score (nSPS) is 18.0. The maximum Gasteiger partial charge on any atom is 0.296 e. The molecule has 1 fully saturated rings. The summed E-state index contributed by atoms with van der Waals surface area (Å²) in [5.74, 6) is -0.438. The second-order valence-electron chi connectivity index (χ2n) is 6.65. The van der Waals surface area contributed by atoms with Crippen molar-refractivity contribution in [3.05, 3.63) is 94.6 Å². The van der Waals surface area contributed by atoms with Crippen molar-refractivity contribution in [2.45, 2.75) is 12.6 Å². The third-order valence-electron chi connectivity index (χ3n) is 4.75. The number of carbonyl (C=O) groups excluding carboxylic acids is 2. The van der Waals surface area contributed by atoms with Gasteiger partial charge in [-0.3, -0.25) is 9.59 Å². The number of thiophene rings is 1. The van der Waals surface area contributed by atoms with E-state index in [-0.39, 0.29) is 17.9 Å².